The topological polar surface area (TPSA) is 47.3 Å². The van der Waals surface area contributed by atoms with E-state index in [0.717, 1.165) is 24.3 Å². The van der Waals surface area contributed by atoms with Crippen molar-refractivity contribution in [1.29, 1.82) is 0 Å². The molecule has 0 radical (unpaired) electrons. The molecule has 0 aliphatic carbocycles. The van der Waals surface area contributed by atoms with Crippen LogP contribution in [0.25, 0.3) is 0 Å². The van der Waals surface area contributed by atoms with Gasteiger partial charge in [0.25, 0.3) is 0 Å². The second-order valence-electron chi connectivity index (χ2n) is 3.55. The fourth-order valence-corrected chi connectivity index (χ4v) is 1.86. The molecule has 1 unspecified atom stereocenters. The zero-order valence-corrected chi connectivity index (χ0v) is 8.42. The van der Waals surface area contributed by atoms with Crippen molar-refractivity contribution in [2.75, 3.05) is 13.7 Å². The number of benzene rings is 1. The molecule has 0 fully saturated rings. The van der Waals surface area contributed by atoms with Gasteiger partial charge in [0.15, 0.2) is 0 Å². The second-order valence-corrected chi connectivity index (χ2v) is 3.55. The van der Waals surface area contributed by atoms with Gasteiger partial charge in [-0.2, -0.15) is 0 Å². The van der Waals surface area contributed by atoms with Crippen LogP contribution in [0.5, 0.6) is 5.75 Å². The van der Waals surface area contributed by atoms with Crippen LogP contribution in [0.2, 0.25) is 0 Å². The van der Waals surface area contributed by atoms with Crippen LogP contribution < -0.4 is 15.8 Å². The van der Waals surface area contributed by atoms with Crippen LogP contribution in [0.3, 0.4) is 0 Å². The van der Waals surface area contributed by atoms with Crippen LogP contribution in [0.15, 0.2) is 18.2 Å². The van der Waals surface area contributed by atoms with Gasteiger partial charge in [-0.15, -0.1) is 0 Å². The van der Waals surface area contributed by atoms with Crippen molar-refractivity contribution in [3.8, 4) is 5.75 Å². The summed E-state index contributed by atoms with van der Waals surface area (Å²) in [6.07, 6.45) is 1.03. The van der Waals surface area contributed by atoms with Gasteiger partial charge in [0.05, 0.1) is 6.61 Å². The summed E-state index contributed by atoms with van der Waals surface area (Å²) in [6.45, 7) is 1.35. The molecule has 0 bridgehead atoms. The van der Waals surface area contributed by atoms with Gasteiger partial charge >= 0.3 is 0 Å². The van der Waals surface area contributed by atoms with Gasteiger partial charge in [-0.05, 0) is 18.7 Å². The number of nitrogens with two attached hydrogens (primary N) is 1. The van der Waals surface area contributed by atoms with Gasteiger partial charge < -0.3 is 15.8 Å². The van der Waals surface area contributed by atoms with Crippen LogP contribution in [-0.4, -0.2) is 13.7 Å². The fraction of sp³-hybridized carbons (Fsp3) is 0.455. The zero-order valence-electron chi connectivity index (χ0n) is 8.42. The van der Waals surface area contributed by atoms with E-state index in [1.807, 2.05) is 13.1 Å². The molecule has 1 atom stereocenters. The Kier molecular flexibility index (Phi) is 2.70. The number of hydrogen-bond donors (Lipinski definition) is 2. The minimum absolute atomic E-state index is 0.422. The molecule has 1 aliphatic heterocycles. The maximum Gasteiger partial charge on any atom is 0.124 e. The quantitative estimate of drug-likeness (QED) is 0.740. The summed E-state index contributed by atoms with van der Waals surface area (Å²) in [5, 5.41) is 3.29. The molecule has 0 saturated heterocycles. The van der Waals surface area contributed by atoms with Crippen molar-refractivity contribution in [2.45, 2.75) is 19.0 Å². The molecule has 1 heterocycles. The largest absolute Gasteiger partial charge is 0.493 e. The molecule has 3 N–H and O–H groups in total. The Morgan fingerprint density at radius 1 is 1.57 bits per heavy atom. The highest BCUT2D eigenvalue weighted by Crippen LogP contribution is 2.32. The SMILES string of the molecule is CNC1CCOc2cc(CN)ccc21. The van der Waals surface area contributed by atoms with Gasteiger partial charge in [0, 0.05) is 24.6 Å². The molecule has 14 heavy (non-hydrogen) atoms. The summed E-state index contributed by atoms with van der Waals surface area (Å²) in [4.78, 5) is 0. The van der Waals surface area contributed by atoms with E-state index in [2.05, 4.69) is 17.4 Å². The summed E-state index contributed by atoms with van der Waals surface area (Å²) in [6, 6.07) is 6.64. The smallest absolute Gasteiger partial charge is 0.124 e. The third-order valence-corrected chi connectivity index (χ3v) is 2.70. The minimum atomic E-state index is 0.422. The van der Waals surface area contributed by atoms with Crippen LogP contribution in [-0.2, 0) is 6.54 Å². The van der Waals surface area contributed by atoms with Crippen LogP contribution in [0.4, 0.5) is 0 Å². The van der Waals surface area contributed by atoms with E-state index in [-0.39, 0.29) is 0 Å². The molecule has 2 rings (SSSR count). The third-order valence-electron chi connectivity index (χ3n) is 2.70. The first kappa shape index (κ1) is 9.49. The molecule has 0 aromatic heterocycles. The van der Waals surface area contributed by atoms with Gasteiger partial charge in [0.2, 0.25) is 0 Å². The Morgan fingerprint density at radius 2 is 2.43 bits per heavy atom. The summed E-state index contributed by atoms with van der Waals surface area (Å²) in [5.74, 6) is 0.985. The lowest BCUT2D eigenvalue weighted by atomic mass is 9.99. The Balaban J connectivity index is 2.35. The first-order valence-corrected chi connectivity index (χ1v) is 4.98. The average Bonchev–Trinajstić information content (AvgIpc) is 2.27. The average molecular weight is 192 g/mol. The summed E-state index contributed by atoms with van der Waals surface area (Å²) in [5.41, 5.74) is 7.95. The Labute approximate surface area is 84.3 Å². The van der Waals surface area contributed by atoms with Gasteiger partial charge in [-0.1, -0.05) is 12.1 Å². The zero-order chi connectivity index (χ0) is 9.97. The molecule has 76 valence electrons. The minimum Gasteiger partial charge on any atom is -0.493 e. The van der Waals surface area contributed by atoms with Gasteiger partial charge in [-0.3, -0.25) is 0 Å². The number of fused-ring (bicyclic) bond motifs is 1. The van der Waals surface area contributed by atoms with Crippen molar-refractivity contribution >= 4 is 0 Å². The van der Waals surface area contributed by atoms with E-state index < -0.39 is 0 Å². The maximum absolute atomic E-state index is 5.60. The molecule has 0 spiro atoms. The van der Waals surface area contributed by atoms with Crippen molar-refractivity contribution < 1.29 is 4.74 Å². The lowest BCUT2D eigenvalue weighted by Gasteiger charge is -2.25. The van der Waals surface area contributed by atoms with Gasteiger partial charge in [0.1, 0.15) is 5.75 Å². The number of rotatable bonds is 2. The first-order chi connectivity index (χ1) is 6.85. The van der Waals surface area contributed by atoms with E-state index >= 15 is 0 Å². The number of ether oxygens (including phenoxy) is 1. The maximum atomic E-state index is 5.60. The van der Waals surface area contributed by atoms with Crippen LogP contribution in [0, 0.1) is 0 Å². The van der Waals surface area contributed by atoms with Gasteiger partial charge in [-0.25, -0.2) is 0 Å². The predicted molar refractivity (Wildman–Crippen MR) is 56.2 cm³/mol. The molecule has 3 nitrogen and oxygen atoms in total. The lowest BCUT2D eigenvalue weighted by molar-refractivity contribution is 0.257. The predicted octanol–water partition coefficient (Wildman–Crippen LogP) is 1.19. The molecule has 3 heteroatoms. The Bertz CT molecular complexity index is 325. The molecular weight excluding hydrogens is 176 g/mol. The van der Waals surface area contributed by atoms with Crippen molar-refractivity contribution in [2.24, 2.45) is 5.73 Å². The number of nitrogens with one attached hydrogen (secondary N) is 1. The normalized spacial score (nSPS) is 20.0. The standard InChI is InChI=1S/C11H16N2O/c1-13-10-4-5-14-11-6-8(7-12)2-3-9(10)11/h2-3,6,10,13H,4-5,7,12H2,1H3. The third kappa shape index (κ3) is 1.61. The fourth-order valence-electron chi connectivity index (χ4n) is 1.86. The monoisotopic (exact) mass is 192 g/mol. The summed E-state index contributed by atoms with van der Waals surface area (Å²) >= 11 is 0. The van der Waals surface area contributed by atoms with Crippen LogP contribution in [0.1, 0.15) is 23.6 Å². The molecule has 1 aromatic carbocycles. The molecule has 1 aromatic rings. The van der Waals surface area contributed by atoms with Crippen molar-refractivity contribution in [3.63, 3.8) is 0 Å². The van der Waals surface area contributed by atoms with Crippen molar-refractivity contribution in [1.82, 2.24) is 5.32 Å². The molecular formula is C11H16N2O. The van der Waals surface area contributed by atoms with E-state index in [1.165, 1.54) is 5.56 Å². The van der Waals surface area contributed by atoms with Crippen LogP contribution >= 0.6 is 0 Å². The second kappa shape index (κ2) is 3.98. The summed E-state index contributed by atoms with van der Waals surface area (Å²) < 4.78 is 5.60. The Morgan fingerprint density at radius 3 is 3.14 bits per heavy atom. The van der Waals surface area contributed by atoms with E-state index in [0.29, 0.717) is 12.6 Å². The number of hydrogen-bond acceptors (Lipinski definition) is 3. The van der Waals surface area contributed by atoms with E-state index in [9.17, 15) is 0 Å². The van der Waals surface area contributed by atoms with E-state index in [4.69, 9.17) is 10.5 Å². The highest BCUT2D eigenvalue weighted by Gasteiger charge is 2.19. The Hall–Kier alpha value is -1.06. The molecule has 0 amide bonds. The molecule has 1 aliphatic rings. The van der Waals surface area contributed by atoms with E-state index in [1.54, 1.807) is 0 Å². The highest BCUT2D eigenvalue weighted by molar-refractivity contribution is 5.40. The van der Waals surface area contributed by atoms with Crippen molar-refractivity contribution in [3.05, 3.63) is 29.3 Å². The molecule has 0 saturated carbocycles. The first-order valence-electron chi connectivity index (χ1n) is 4.98. The highest BCUT2D eigenvalue weighted by atomic mass is 16.5. The summed E-state index contributed by atoms with van der Waals surface area (Å²) in [7, 11) is 1.98. The lowest BCUT2D eigenvalue weighted by Crippen LogP contribution is -2.24.